The second-order valence-corrected chi connectivity index (χ2v) is 7.36. The molecule has 0 N–H and O–H groups in total. The van der Waals surface area contributed by atoms with E-state index in [1.807, 2.05) is 0 Å². The highest BCUT2D eigenvalue weighted by molar-refractivity contribution is 5.82. The number of carbonyl (C=O) groups excluding carboxylic acids is 1. The predicted molar refractivity (Wildman–Crippen MR) is 80.1 cm³/mol. The van der Waals surface area contributed by atoms with E-state index in [1.165, 1.54) is 32.1 Å². The van der Waals surface area contributed by atoms with Gasteiger partial charge in [-0.3, -0.25) is 4.79 Å². The summed E-state index contributed by atoms with van der Waals surface area (Å²) in [6, 6.07) is 0.702. The Morgan fingerprint density at radius 3 is 2.42 bits per heavy atom. The fourth-order valence-corrected chi connectivity index (χ4v) is 4.37. The lowest BCUT2D eigenvalue weighted by Gasteiger charge is -2.40. The van der Waals surface area contributed by atoms with Gasteiger partial charge in [-0.1, -0.05) is 33.6 Å². The minimum Gasteiger partial charge on any atom is -0.302 e. The SMILES string of the molecule is CC1CC(=O)C(CN(C)C2CCCCC2C)C(C)C1. The summed E-state index contributed by atoms with van der Waals surface area (Å²) < 4.78 is 0. The number of hydrogen-bond acceptors (Lipinski definition) is 2. The zero-order valence-electron chi connectivity index (χ0n) is 13.2. The first-order valence-corrected chi connectivity index (χ1v) is 8.22. The molecule has 2 nitrogen and oxygen atoms in total. The van der Waals surface area contributed by atoms with Crippen LogP contribution in [0.5, 0.6) is 0 Å². The molecule has 0 aromatic carbocycles. The highest BCUT2D eigenvalue weighted by Gasteiger charge is 2.35. The molecule has 2 heteroatoms. The lowest BCUT2D eigenvalue weighted by molar-refractivity contribution is -0.129. The van der Waals surface area contributed by atoms with Gasteiger partial charge >= 0.3 is 0 Å². The first-order valence-electron chi connectivity index (χ1n) is 8.22. The van der Waals surface area contributed by atoms with Gasteiger partial charge in [-0.2, -0.15) is 0 Å². The molecule has 2 rings (SSSR count). The molecule has 19 heavy (non-hydrogen) atoms. The number of Topliss-reactive ketones (excluding diaryl/α,β-unsaturated/α-hetero) is 1. The Kier molecular flexibility index (Phi) is 5.05. The summed E-state index contributed by atoms with van der Waals surface area (Å²) in [6.45, 7) is 7.87. The van der Waals surface area contributed by atoms with Crippen molar-refractivity contribution in [1.82, 2.24) is 4.90 Å². The minimum absolute atomic E-state index is 0.287. The van der Waals surface area contributed by atoms with Gasteiger partial charge in [0, 0.05) is 24.9 Å². The number of ketones is 1. The molecule has 0 aromatic rings. The van der Waals surface area contributed by atoms with Gasteiger partial charge in [-0.05, 0) is 44.1 Å². The fourth-order valence-electron chi connectivity index (χ4n) is 4.37. The third kappa shape index (κ3) is 3.59. The zero-order valence-corrected chi connectivity index (χ0v) is 13.2. The van der Waals surface area contributed by atoms with Crippen molar-refractivity contribution in [2.75, 3.05) is 13.6 Å². The molecule has 0 heterocycles. The third-order valence-corrected chi connectivity index (χ3v) is 5.54. The van der Waals surface area contributed by atoms with Crippen LogP contribution in [0.3, 0.4) is 0 Å². The fraction of sp³-hybridized carbons (Fsp3) is 0.941. The van der Waals surface area contributed by atoms with Crippen molar-refractivity contribution in [2.45, 2.75) is 65.3 Å². The van der Waals surface area contributed by atoms with Crippen LogP contribution in [-0.4, -0.2) is 30.3 Å². The van der Waals surface area contributed by atoms with Gasteiger partial charge in [0.1, 0.15) is 5.78 Å². The highest BCUT2D eigenvalue weighted by atomic mass is 16.1. The van der Waals surface area contributed by atoms with Crippen LogP contribution in [-0.2, 0) is 4.79 Å². The summed E-state index contributed by atoms with van der Waals surface area (Å²) in [7, 11) is 2.24. The second kappa shape index (κ2) is 6.39. The van der Waals surface area contributed by atoms with Gasteiger partial charge in [0.25, 0.3) is 0 Å². The number of nitrogens with zero attached hydrogens (tertiary/aromatic N) is 1. The van der Waals surface area contributed by atoms with Crippen LogP contribution < -0.4 is 0 Å². The van der Waals surface area contributed by atoms with Crippen LogP contribution >= 0.6 is 0 Å². The van der Waals surface area contributed by atoms with Crippen molar-refractivity contribution in [3.05, 3.63) is 0 Å². The normalized spacial score (nSPS) is 40.7. The van der Waals surface area contributed by atoms with Crippen molar-refractivity contribution in [2.24, 2.45) is 23.7 Å². The molecule has 0 spiro atoms. The maximum absolute atomic E-state index is 12.3. The first-order chi connectivity index (χ1) is 8.99. The molecule has 0 bridgehead atoms. The van der Waals surface area contributed by atoms with E-state index in [1.54, 1.807) is 0 Å². The lowest BCUT2D eigenvalue weighted by Crippen LogP contribution is -2.45. The van der Waals surface area contributed by atoms with Crippen LogP contribution in [0.2, 0.25) is 0 Å². The lowest BCUT2D eigenvalue weighted by atomic mass is 9.74. The maximum atomic E-state index is 12.3. The molecular weight excluding hydrogens is 234 g/mol. The summed E-state index contributed by atoms with van der Waals surface area (Å²) in [5, 5.41) is 0. The van der Waals surface area contributed by atoms with Gasteiger partial charge in [0.05, 0.1) is 0 Å². The largest absolute Gasteiger partial charge is 0.302 e. The molecule has 0 saturated heterocycles. The average molecular weight is 265 g/mol. The Bertz CT molecular complexity index is 314. The van der Waals surface area contributed by atoms with E-state index >= 15 is 0 Å². The molecule has 5 atom stereocenters. The Balaban J connectivity index is 1.93. The molecule has 0 aliphatic heterocycles. The summed E-state index contributed by atoms with van der Waals surface area (Å²) in [6.07, 6.45) is 7.48. The topological polar surface area (TPSA) is 20.3 Å². The summed E-state index contributed by atoms with van der Waals surface area (Å²) in [5.74, 6) is 2.76. The number of hydrogen-bond donors (Lipinski definition) is 0. The van der Waals surface area contributed by atoms with Crippen LogP contribution in [0, 0.1) is 23.7 Å². The monoisotopic (exact) mass is 265 g/mol. The Morgan fingerprint density at radius 1 is 1.11 bits per heavy atom. The molecule has 0 radical (unpaired) electrons. The third-order valence-electron chi connectivity index (χ3n) is 5.54. The number of carbonyl (C=O) groups is 1. The van der Waals surface area contributed by atoms with E-state index < -0.39 is 0 Å². The van der Waals surface area contributed by atoms with E-state index in [-0.39, 0.29) is 5.92 Å². The maximum Gasteiger partial charge on any atom is 0.137 e. The van der Waals surface area contributed by atoms with Crippen molar-refractivity contribution in [3.8, 4) is 0 Å². The molecule has 110 valence electrons. The van der Waals surface area contributed by atoms with Crippen molar-refractivity contribution < 1.29 is 4.79 Å². The van der Waals surface area contributed by atoms with Crippen molar-refractivity contribution in [3.63, 3.8) is 0 Å². The van der Waals surface area contributed by atoms with E-state index in [0.717, 1.165) is 18.9 Å². The van der Waals surface area contributed by atoms with Gasteiger partial charge < -0.3 is 4.90 Å². The standard InChI is InChI=1S/C17H31NO/c1-12-9-14(3)15(17(19)10-12)11-18(4)16-8-6-5-7-13(16)2/h12-16H,5-11H2,1-4H3. The summed E-state index contributed by atoms with van der Waals surface area (Å²) in [4.78, 5) is 14.8. The molecule has 2 fully saturated rings. The molecule has 0 amide bonds. The molecular formula is C17H31NO. The van der Waals surface area contributed by atoms with Gasteiger partial charge in [-0.25, -0.2) is 0 Å². The Labute approximate surface area is 118 Å². The Hall–Kier alpha value is -0.370. The van der Waals surface area contributed by atoms with E-state index in [2.05, 4.69) is 32.7 Å². The second-order valence-electron chi connectivity index (χ2n) is 7.36. The Morgan fingerprint density at radius 2 is 1.79 bits per heavy atom. The van der Waals surface area contributed by atoms with Crippen LogP contribution in [0.25, 0.3) is 0 Å². The quantitative estimate of drug-likeness (QED) is 0.774. The van der Waals surface area contributed by atoms with Crippen LogP contribution in [0.4, 0.5) is 0 Å². The smallest absolute Gasteiger partial charge is 0.137 e. The molecule has 2 aliphatic carbocycles. The summed E-state index contributed by atoms with van der Waals surface area (Å²) >= 11 is 0. The molecule has 2 saturated carbocycles. The van der Waals surface area contributed by atoms with E-state index in [9.17, 15) is 4.79 Å². The first kappa shape index (κ1) is 15.0. The molecule has 5 unspecified atom stereocenters. The van der Waals surface area contributed by atoms with Crippen molar-refractivity contribution in [1.29, 1.82) is 0 Å². The van der Waals surface area contributed by atoms with E-state index in [4.69, 9.17) is 0 Å². The summed E-state index contributed by atoms with van der Waals surface area (Å²) in [5.41, 5.74) is 0. The predicted octanol–water partition coefficient (Wildman–Crippen LogP) is 3.75. The van der Waals surface area contributed by atoms with Gasteiger partial charge in [-0.15, -0.1) is 0 Å². The van der Waals surface area contributed by atoms with Gasteiger partial charge in [0.2, 0.25) is 0 Å². The highest BCUT2D eigenvalue weighted by Crippen LogP contribution is 2.33. The average Bonchev–Trinajstić information content (AvgIpc) is 2.34. The van der Waals surface area contributed by atoms with E-state index in [0.29, 0.717) is 23.7 Å². The van der Waals surface area contributed by atoms with Crippen LogP contribution in [0.15, 0.2) is 0 Å². The number of rotatable bonds is 3. The zero-order chi connectivity index (χ0) is 14.0. The minimum atomic E-state index is 0.287. The van der Waals surface area contributed by atoms with Crippen LogP contribution in [0.1, 0.15) is 59.3 Å². The molecule has 2 aliphatic rings. The van der Waals surface area contributed by atoms with Gasteiger partial charge in [0.15, 0.2) is 0 Å². The molecule has 0 aromatic heterocycles. The van der Waals surface area contributed by atoms with Crippen molar-refractivity contribution >= 4 is 5.78 Å².